The van der Waals surface area contributed by atoms with Crippen molar-refractivity contribution in [1.29, 1.82) is 0 Å². The number of nitrogens with one attached hydrogen (secondary N) is 2. The first-order valence-corrected chi connectivity index (χ1v) is 22.3. The molecule has 1 spiro atoms. The number of aldehydes is 1. The van der Waals surface area contributed by atoms with Gasteiger partial charge in [-0.25, -0.2) is 0 Å². The molecule has 8 heteroatoms. The maximum atomic E-state index is 12.8. The summed E-state index contributed by atoms with van der Waals surface area (Å²) in [6.07, 6.45) is 18.5. The summed E-state index contributed by atoms with van der Waals surface area (Å²) in [4.78, 5) is 12.2. The fraction of sp³-hybridized carbons (Fsp3) is 0.660. The molecule has 0 amide bonds. The Morgan fingerprint density at radius 1 is 1.17 bits per heavy atom. The lowest BCUT2D eigenvalue weighted by Crippen LogP contribution is -2.61. The average Bonchev–Trinajstić information content (AvgIpc) is 3.55. The van der Waals surface area contributed by atoms with E-state index < -0.39 is 23.2 Å². The third-order valence-corrected chi connectivity index (χ3v) is 14.1. The molecule has 1 aliphatic heterocycles. The number of fused-ring (bicyclic) bond motifs is 2. The van der Waals surface area contributed by atoms with Crippen LogP contribution in [0.25, 0.3) is 0 Å². The number of rotatable bonds is 19. The Kier molecular flexibility index (Phi) is 18.8. The molecule has 8 atom stereocenters. The summed E-state index contributed by atoms with van der Waals surface area (Å²) >= 11 is 0. The zero-order chi connectivity index (χ0) is 42.3. The third kappa shape index (κ3) is 11.8. The molecule has 1 aromatic carbocycles. The Bertz CT molecular complexity index is 1610. The van der Waals surface area contributed by atoms with E-state index in [4.69, 9.17) is 4.74 Å². The summed E-state index contributed by atoms with van der Waals surface area (Å²) in [5, 5.41) is 54.5. The van der Waals surface area contributed by atoms with Crippen molar-refractivity contribution in [1.82, 2.24) is 10.6 Å². The van der Waals surface area contributed by atoms with Gasteiger partial charge in [0.2, 0.25) is 0 Å². The minimum Gasteiger partial charge on any atom is -0.396 e. The van der Waals surface area contributed by atoms with Crippen LogP contribution in [0.2, 0.25) is 0 Å². The van der Waals surface area contributed by atoms with Crippen LogP contribution in [0.1, 0.15) is 122 Å². The highest BCUT2D eigenvalue weighted by atomic mass is 16.5. The lowest BCUT2D eigenvalue weighted by atomic mass is 9.51. The standard InChI is InChI=1S/C50H78N2O6/c1-8-9-10-19-46(55)43(44-23-25-50(47(44)56)45(18-13-29-53)42(38(4)35-54)22-24-49(50,57)26-28-51-6)17-11-14-37(3)41-21-20-36(2)34-52-48(5,27-30-58-7)33-40-16-12-15-39(31-40)32-41/h11-12,14-17,20,31,35,41,44-47,51-53,55-57H,3,8-10,13,18-19,21-30,32-34H2,1-2,4-7H3. The highest BCUT2D eigenvalue weighted by molar-refractivity contribution is 5.74. The SMILES string of the molecule is C=C(C=CC=C(C(O)CCCCC)C1CCC2(C(CCCO)C(=C(C)C=O)CCC2(O)CCNC)C1O)C1CC=C(C)CNC(C)(CCOC)Cc2cccc(c2)C1. The molecule has 1 heterocycles. The maximum absolute atomic E-state index is 12.8. The van der Waals surface area contributed by atoms with E-state index in [1.165, 1.54) is 16.7 Å². The highest BCUT2D eigenvalue weighted by Crippen LogP contribution is 2.64. The van der Waals surface area contributed by atoms with E-state index >= 15 is 0 Å². The second-order valence-corrected chi connectivity index (χ2v) is 18.2. The van der Waals surface area contributed by atoms with Crippen molar-refractivity contribution >= 4 is 6.29 Å². The Morgan fingerprint density at radius 3 is 2.66 bits per heavy atom. The van der Waals surface area contributed by atoms with Crippen LogP contribution in [0.3, 0.4) is 0 Å². The van der Waals surface area contributed by atoms with E-state index in [1.54, 1.807) is 7.11 Å². The van der Waals surface area contributed by atoms with Gasteiger partial charge in [0.1, 0.15) is 6.29 Å². The van der Waals surface area contributed by atoms with Gasteiger partial charge in [-0.05, 0) is 146 Å². The van der Waals surface area contributed by atoms with Crippen molar-refractivity contribution in [2.75, 3.05) is 40.5 Å². The van der Waals surface area contributed by atoms with Crippen molar-refractivity contribution in [2.45, 2.75) is 147 Å². The van der Waals surface area contributed by atoms with Gasteiger partial charge < -0.3 is 35.8 Å². The fourth-order valence-corrected chi connectivity index (χ4v) is 10.6. The van der Waals surface area contributed by atoms with Crippen molar-refractivity contribution in [3.8, 4) is 0 Å². The molecule has 2 saturated carbocycles. The Morgan fingerprint density at radius 2 is 1.95 bits per heavy atom. The largest absolute Gasteiger partial charge is 0.396 e. The smallest absolute Gasteiger partial charge is 0.145 e. The van der Waals surface area contributed by atoms with Gasteiger partial charge in [0.25, 0.3) is 0 Å². The van der Waals surface area contributed by atoms with Gasteiger partial charge in [-0.2, -0.15) is 0 Å². The molecule has 2 aliphatic carbocycles. The van der Waals surface area contributed by atoms with E-state index in [-0.39, 0.29) is 29.9 Å². The minimum absolute atomic E-state index is 0.00254. The van der Waals surface area contributed by atoms with Crippen LogP contribution in [0.5, 0.6) is 0 Å². The molecule has 2 fully saturated rings. The fourth-order valence-electron chi connectivity index (χ4n) is 10.6. The van der Waals surface area contributed by atoms with Crippen LogP contribution >= 0.6 is 0 Å². The van der Waals surface area contributed by atoms with E-state index in [1.807, 2.05) is 26.1 Å². The zero-order valence-electron chi connectivity index (χ0n) is 36.8. The number of carbonyl (C=O) groups excluding carboxylic acids is 1. The lowest BCUT2D eigenvalue weighted by Gasteiger charge is -2.57. The molecule has 4 rings (SSSR count). The number of carbonyl (C=O) groups is 1. The van der Waals surface area contributed by atoms with Crippen LogP contribution in [0.4, 0.5) is 0 Å². The summed E-state index contributed by atoms with van der Waals surface area (Å²) < 4.78 is 5.47. The number of benzene rings is 1. The first-order valence-electron chi connectivity index (χ1n) is 22.3. The lowest BCUT2D eigenvalue weighted by molar-refractivity contribution is -0.181. The maximum Gasteiger partial charge on any atom is 0.145 e. The molecule has 58 heavy (non-hydrogen) atoms. The molecule has 2 bridgehead atoms. The molecule has 0 aromatic heterocycles. The second-order valence-electron chi connectivity index (χ2n) is 18.2. The second kappa shape index (κ2) is 22.8. The summed E-state index contributed by atoms with van der Waals surface area (Å²) in [5.41, 5.74) is 5.16. The van der Waals surface area contributed by atoms with E-state index in [0.29, 0.717) is 70.1 Å². The molecule has 0 radical (unpaired) electrons. The molecular weight excluding hydrogens is 725 g/mol. The Labute approximate surface area is 351 Å². The summed E-state index contributed by atoms with van der Waals surface area (Å²) in [7, 11) is 3.64. The molecule has 6 N–H and O–H groups in total. The first-order chi connectivity index (χ1) is 27.8. The molecular formula is C50H78N2O6. The van der Waals surface area contributed by atoms with Gasteiger partial charge in [-0.3, -0.25) is 4.79 Å². The normalized spacial score (nSPS) is 31.1. The van der Waals surface area contributed by atoms with Crippen molar-refractivity contribution in [2.24, 2.45) is 23.2 Å². The molecule has 0 saturated heterocycles. The van der Waals surface area contributed by atoms with Gasteiger partial charge in [0.05, 0.1) is 17.8 Å². The predicted molar refractivity (Wildman–Crippen MR) is 238 cm³/mol. The summed E-state index contributed by atoms with van der Waals surface area (Å²) in [6.45, 7) is 15.2. The van der Waals surface area contributed by atoms with Gasteiger partial charge >= 0.3 is 0 Å². The van der Waals surface area contributed by atoms with Gasteiger partial charge in [-0.1, -0.05) is 98.1 Å². The van der Waals surface area contributed by atoms with Gasteiger partial charge in [0.15, 0.2) is 0 Å². The van der Waals surface area contributed by atoms with Crippen molar-refractivity contribution in [3.05, 3.63) is 94.1 Å². The van der Waals surface area contributed by atoms with Crippen LogP contribution < -0.4 is 10.6 Å². The Balaban J connectivity index is 1.70. The zero-order valence-corrected chi connectivity index (χ0v) is 36.8. The highest BCUT2D eigenvalue weighted by Gasteiger charge is 2.65. The quantitative estimate of drug-likeness (QED) is 0.0274. The molecule has 324 valence electrons. The number of aliphatic hydroxyl groups is 4. The van der Waals surface area contributed by atoms with E-state index in [9.17, 15) is 25.2 Å². The summed E-state index contributed by atoms with van der Waals surface area (Å²) in [6, 6.07) is 8.94. The van der Waals surface area contributed by atoms with Crippen molar-refractivity contribution in [3.63, 3.8) is 0 Å². The number of hydrogen-bond donors (Lipinski definition) is 6. The van der Waals surface area contributed by atoms with Crippen LogP contribution in [-0.4, -0.2) is 90.5 Å². The predicted octanol–water partition coefficient (Wildman–Crippen LogP) is 7.90. The van der Waals surface area contributed by atoms with E-state index in [0.717, 1.165) is 74.5 Å². The molecule has 3 aliphatic rings. The summed E-state index contributed by atoms with van der Waals surface area (Å²) in [5.74, 6) is -0.463. The molecule has 1 aromatic rings. The number of allylic oxidation sites excluding steroid dienone is 7. The number of aliphatic hydroxyl groups excluding tert-OH is 3. The minimum atomic E-state index is -1.19. The number of ether oxygens (including phenoxy) is 1. The van der Waals surface area contributed by atoms with Crippen LogP contribution in [-0.2, 0) is 22.4 Å². The average molecular weight is 803 g/mol. The van der Waals surface area contributed by atoms with Gasteiger partial charge in [-0.15, -0.1) is 0 Å². The molecule has 8 nitrogen and oxygen atoms in total. The first kappa shape index (κ1) is 48.0. The third-order valence-electron chi connectivity index (χ3n) is 14.1. The number of methoxy groups -OCH3 is 1. The van der Waals surface area contributed by atoms with Gasteiger partial charge in [0, 0.05) is 43.7 Å². The monoisotopic (exact) mass is 803 g/mol. The van der Waals surface area contributed by atoms with Crippen LogP contribution in [0, 0.1) is 23.2 Å². The Hall–Kier alpha value is -2.69. The van der Waals surface area contributed by atoms with E-state index in [2.05, 4.69) is 74.4 Å². The van der Waals surface area contributed by atoms with Crippen LogP contribution in [0.15, 0.2) is 83.0 Å². The molecule has 8 unspecified atom stereocenters. The number of hydrogen-bond acceptors (Lipinski definition) is 8. The number of unbranched alkanes of at least 4 members (excludes halogenated alkanes) is 2. The van der Waals surface area contributed by atoms with Crippen molar-refractivity contribution < 1.29 is 30.0 Å². The topological polar surface area (TPSA) is 131 Å².